The van der Waals surface area contributed by atoms with Gasteiger partial charge in [-0.15, -0.1) is 0 Å². The molecule has 0 heteroatoms. The number of benzene rings is 4. The van der Waals surface area contributed by atoms with Gasteiger partial charge in [0.25, 0.3) is 0 Å². The van der Waals surface area contributed by atoms with Gasteiger partial charge in [-0.3, -0.25) is 0 Å². The van der Waals surface area contributed by atoms with E-state index in [1.54, 1.807) is 16.7 Å². The molecule has 0 amide bonds. The lowest BCUT2D eigenvalue weighted by Gasteiger charge is -2.30. The molecule has 0 radical (unpaired) electrons. The van der Waals surface area contributed by atoms with Crippen LogP contribution in [0.3, 0.4) is 0 Å². The molecule has 0 nitrogen and oxygen atoms in total. The Morgan fingerprint density at radius 2 is 1.11 bits per heavy atom. The maximum Gasteiger partial charge on any atom is -0.00180 e. The summed E-state index contributed by atoms with van der Waals surface area (Å²) in [6.07, 6.45) is 0. The number of hydrogen-bond acceptors (Lipinski definition) is 0. The van der Waals surface area contributed by atoms with Gasteiger partial charge in [-0.1, -0.05) is 91.8 Å². The third-order valence-corrected chi connectivity index (χ3v) is 6.42. The van der Waals surface area contributed by atoms with Gasteiger partial charge in [-0.2, -0.15) is 0 Å². The second kappa shape index (κ2) is 6.76. The van der Waals surface area contributed by atoms with Crippen molar-refractivity contribution >= 4 is 32.3 Å². The summed E-state index contributed by atoms with van der Waals surface area (Å²) in [5.74, 6) is 2.06. The molecule has 0 aliphatic heterocycles. The first kappa shape index (κ1) is 19.2. The van der Waals surface area contributed by atoms with Crippen molar-refractivity contribution in [1.82, 2.24) is 0 Å². The molecule has 0 unspecified atom stereocenters. The highest BCUT2D eigenvalue weighted by atomic mass is 14.3. The molecule has 0 aliphatic carbocycles. The van der Waals surface area contributed by atoms with Crippen molar-refractivity contribution in [3.8, 4) is 0 Å². The zero-order valence-corrected chi connectivity index (χ0v) is 18.8. The Hall–Kier alpha value is -2.08. The fourth-order valence-corrected chi connectivity index (χ4v) is 5.41. The molecular weight excluding hydrogens is 336 g/mol. The molecular formula is C28H34. The van der Waals surface area contributed by atoms with E-state index in [-0.39, 0.29) is 0 Å². The lowest BCUT2D eigenvalue weighted by molar-refractivity contribution is 0.757. The summed E-state index contributed by atoms with van der Waals surface area (Å²) in [5, 5.41) is 8.74. The van der Waals surface area contributed by atoms with E-state index in [4.69, 9.17) is 0 Å². The van der Waals surface area contributed by atoms with Gasteiger partial charge >= 0.3 is 0 Å². The molecule has 4 aromatic carbocycles. The van der Waals surface area contributed by atoms with Crippen LogP contribution in [0.1, 0.15) is 101 Å². The first-order valence-electron chi connectivity index (χ1n) is 11.0. The highest BCUT2D eigenvalue weighted by Crippen LogP contribution is 2.48. The number of hydrogen-bond donors (Lipinski definition) is 0. The smallest absolute Gasteiger partial charge is 0.00180 e. The summed E-state index contributed by atoms with van der Waals surface area (Å²) in [6, 6.07) is 14.0. The third-order valence-electron chi connectivity index (χ3n) is 6.42. The monoisotopic (exact) mass is 370 g/mol. The van der Waals surface area contributed by atoms with E-state index in [2.05, 4.69) is 91.8 Å². The zero-order chi connectivity index (χ0) is 20.3. The van der Waals surface area contributed by atoms with Crippen LogP contribution in [0.2, 0.25) is 0 Å². The highest BCUT2D eigenvalue weighted by Gasteiger charge is 2.26. The fourth-order valence-electron chi connectivity index (χ4n) is 5.41. The second-order valence-electron chi connectivity index (χ2n) is 9.77. The molecule has 0 spiro atoms. The first-order valence-corrected chi connectivity index (χ1v) is 11.0. The average molecular weight is 371 g/mol. The molecule has 4 aromatic rings. The first-order chi connectivity index (χ1) is 13.2. The quantitative estimate of drug-likeness (QED) is 0.314. The third kappa shape index (κ3) is 2.65. The van der Waals surface area contributed by atoms with Crippen LogP contribution >= 0.6 is 0 Å². The Balaban J connectivity index is 2.44. The van der Waals surface area contributed by atoms with E-state index in [0.29, 0.717) is 23.7 Å². The Morgan fingerprint density at radius 1 is 0.500 bits per heavy atom. The van der Waals surface area contributed by atoms with Crippen molar-refractivity contribution in [2.75, 3.05) is 0 Å². The summed E-state index contributed by atoms with van der Waals surface area (Å²) >= 11 is 0. The van der Waals surface area contributed by atoms with Gasteiger partial charge in [0, 0.05) is 0 Å². The highest BCUT2D eigenvalue weighted by molar-refractivity contribution is 6.25. The fraction of sp³-hybridized carbons (Fsp3) is 0.429. The minimum absolute atomic E-state index is 0.509. The van der Waals surface area contributed by atoms with Gasteiger partial charge < -0.3 is 0 Å². The van der Waals surface area contributed by atoms with E-state index in [9.17, 15) is 0 Å². The van der Waals surface area contributed by atoms with E-state index < -0.39 is 0 Å². The molecule has 28 heavy (non-hydrogen) atoms. The molecule has 0 N–H and O–H groups in total. The standard InChI is InChI=1S/C28H34/c1-15(2)22-14-20-11-9-10-19-12-13-21-23(16(3)4)24(17(5)6)25(18(7)8)28(22)27(21)26(19)20/h9-18H,1-8H3. The predicted molar refractivity (Wildman–Crippen MR) is 127 cm³/mol. The average Bonchev–Trinajstić information content (AvgIpc) is 2.63. The molecule has 0 saturated heterocycles. The molecule has 0 fully saturated rings. The zero-order valence-electron chi connectivity index (χ0n) is 18.8. The van der Waals surface area contributed by atoms with Crippen LogP contribution < -0.4 is 0 Å². The van der Waals surface area contributed by atoms with Gasteiger partial charge in [-0.05, 0) is 78.2 Å². The van der Waals surface area contributed by atoms with Crippen LogP contribution in [-0.4, -0.2) is 0 Å². The largest absolute Gasteiger partial charge is 0.0610 e. The minimum atomic E-state index is 0.509. The Bertz CT molecular complexity index is 1160. The molecule has 0 aromatic heterocycles. The van der Waals surface area contributed by atoms with Crippen molar-refractivity contribution < 1.29 is 0 Å². The van der Waals surface area contributed by atoms with Gasteiger partial charge in [0.05, 0.1) is 0 Å². The maximum atomic E-state index is 2.47. The van der Waals surface area contributed by atoms with Crippen molar-refractivity contribution in [2.24, 2.45) is 0 Å². The summed E-state index contributed by atoms with van der Waals surface area (Å²) in [7, 11) is 0. The normalized spacial score (nSPS) is 12.9. The molecule has 0 bridgehead atoms. The summed E-state index contributed by atoms with van der Waals surface area (Å²) < 4.78 is 0. The van der Waals surface area contributed by atoms with Gasteiger partial charge in [0.2, 0.25) is 0 Å². The van der Waals surface area contributed by atoms with Crippen LogP contribution in [0, 0.1) is 0 Å². The second-order valence-corrected chi connectivity index (χ2v) is 9.77. The molecule has 0 aliphatic rings. The molecule has 0 atom stereocenters. The van der Waals surface area contributed by atoms with Crippen molar-refractivity contribution in [3.63, 3.8) is 0 Å². The summed E-state index contributed by atoms with van der Waals surface area (Å²) in [4.78, 5) is 0. The van der Waals surface area contributed by atoms with Crippen molar-refractivity contribution in [3.05, 3.63) is 58.7 Å². The number of rotatable bonds is 4. The van der Waals surface area contributed by atoms with Gasteiger partial charge in [-0.25, -0.2) is 0 Å². The van der Waals surface area contributed by atoms with Gasteiger partial charge in [0.15, 0.2) is 0 Å². The Morgan fingerprint density at radius 3 is 1.68 bits per heavy atom. The summed E-state index contributed by atoms with van der Waals surface area (Å²) in [6.45, 7) is 18.9. The molecule has 0 heterocycles. The minimum Gasteiger partial charge on any atom is -0.0610 e. The van der Waals surface area contributed by atoms with E-state index in [0.717, 1.165) is 0 Å². The maximum absolute atomic E-state index is 2.47. The SMILES string of the molecule is CC(C)c1c(C(C)C)c2ccc3cccc4cc(C(C)C)c(c1C(C)C)c2c34. The lowest BCUT2D eigenvalue weighted by atomic mass is 9.74. The van der Waals surface area contributed by atoms with Crippen molar-refractivity contribution in [2.45, 2.75) is 79.1 Å². The van der Waals surface area contributed by atoms with Gasteiger partial charge in [0.1, 0.15) is 0 Å². The predicted octanol–water partition coefficient (Wildman–Crippen LogP) is 9.08. The van der Waals surface area contributed by atoms with Crippen LogP contribution in [0.4, 0.5) is 0 Å². The van der Waals surface area contributed by atoms with Crippen LogP contribution in [0.15, 0.2) is 36.4 Å². The Labute approximate surface area is 170 Å². The summed E-state index contributed by atoms with van der Waals surface area (Å²) in [5.41, 5.74) is 6.27. The van der Waals surface area contributed by atoms with E-state index >= 15 is 0 Å². The van der Waals surface area contributed by atoms with E-state index in [1.165, 1.54) is 37.9 Å². The van der Waals surface area contributed by atoms with Crippen LogP contribution in [-0.2, 0) is 0 Å². The van der Waals surface area contributed by atoms with Crippen LogP contribution in [0.5, 0.6) is 0 Å². The lowest BCUT2D eigenvalue weighted by Crippen LogP contribution is -2.10. The van der Waals surface area contributed by atoms with Crippen LogP contribution in [0.25, 0.3) is 32.3 Å². The molecule has 0 saturated carbocycles. The Kier molecular flexibility index (Phi) is 4.65. The van der Waals surface area contributed by atoms with E-state index in [1.807, 2.05) is 0 Å². The van der Waals surface area contributed by atoms with Crippen molar-refractivity contribution in [1.29, 1.82) is 0 Å². The molecule has 4 rings (SSSR count). The topological polar surface area (TPSA) is 0 Å². The molecule has 146 valence electrons.